The molecule has 0 spiro atoms. The average molecular weight is 686 g/mol. The van der Waals surface area contributed by atoms with Crippen molar-refractivity contribution >= 4 is 34.5 Å². The lowest BCUT2D eigenvalue weighted by Gasteiger charge is -2.14. The lowest BCUT2D eigenvalue weighted by molar-refractivity contribution is -0.0871. The molecular formula is C31H14F12N4O. The summed E-state index contributed by atoms with van der Waals surface area (Å²) < 4.78 is 174. The van der Waals surface area contributed by atoms with Crippen molar-refractivity contribution in [3.05, 3.63) is 122 Å². The summed E-state index contributed by atoms with van der Waals surface area (Å²) >= 11 is 0. The molecule has 48 heavy (non-hydrogen) atoms. The Labute approximate surface area is 259 Å². The van der Waals surface area contributed by atoms with Crippen LogP contribution in [0.2, 0.25) is 0 Å². The number of alkyl halides is 12. The van der Waals surface area contributed by atoms with E-state index in [0.29, 0.717) is 48.8 Å². The molecule has 0 aliphatic carbocycles. The molecule has 17 heteroatoms. The number of aromatic amines is 1. The molecule has 6 rings (SSSR count). The molecule has 4 aliphatic rings. The second kappa shape index (κ2) is 10.8. The molecule has 2 aromatic rings. The van der Waals surface area contributed by atoms with E-state index in [0.717, 1.165) is 12.1 Å². The van der Waals surface area contributed by atoms with Crippen molar-refractivity contribution in [1.29, 1.82) is 0 Å². The first-order valence-corrected chi connectivity index (χ1v) is 13.3. The van der Waals surface area contributed by atoms with Gasteiger partial charge in [0.15, 0.2) is 0 Å². The number of aliphatic hydroxyl groups excluding tert-OH is 1. The number of aliphatic hydroxyl groups is 1. The van der Waals surface area contributed by atoms with Gasteiger partial charge in [0.2, 0.25) is 0 Å². The molecule has 4 aliphatic heterocycles. The van der Waals surface area contributed by atoms with Gasteiger partial charge >= 0.3 is 24.7 Å². The minimum atomic E-state index is -5.44. The lowest BCUT2D eigenvalue weighted by Crippen LogP contribution is -2.27. The SMILES string of the molecule is OC=c1ccc(=c2cc3[nH]c2=C(C(F)(F)F)C2=NC(=C(C(F)(F)F)C4=NC(=C(C(F)(F)F)C5=NC(=C3C(F)(F)F)C=C5)C=C4)C=C2)cc1. The van der Waals surface area contributed by atoms with Crippen LogP contribution in [0.4, 0.5) is 52.7 Å². The van der Waals surface area contributed by atoms with E-state index in [1.807, 2.05) is 0 Å². The molecule has 5 nitrogen and oxygen atoms in total. The zero-order chi connectivity index (χ0) is 35.0. The Morgan fingerprint density at radius 3 is 1.31 bits per heavy atom. The smallest absolute Gasteiger partial charge is 0.420 e. The van der Waals surface area contributed by atoms with E-state index < -0.39 is 97.5 Å². The normalized spacial score (nSPS) is 18.3. The molecule has 0 fully saturated rings. The number of H-pyrrole nitrogens is 1. The van der Waals surface area contributed by atoms with E-state index in [1.165, 1.54) is 12.1 Å². The maximum absolute atomic E-state index is 14.8. The second-order valence-corrected chi connectivity index (χ2v) is 10.4. The van der Waals surface area contributed by atoms with Crippen molar-refractivity contribution in [2.24, 2.45) is 15.0 Å². The highest BCUT2D eigenvalue weighted by Gasteiger charge is 2.46. The van der Waals surface area contributed by atoms with E-state index in [2.05, 4.69) is 20.0 Å². The van der Waals surface area contributed by atoms with E-state index in [9.17, 15) is 57.8 Å². The van der Waals surface area contributed by atoms with Gasteiger partial charge < -0.3 is 10.1 Å². The fraction of sp³-hybridized carbons (Fsp3) is 0.129. The van der Waals surface area contributed by atoms with Crippen molar-refractivity contribution in [3.8, 4) is 0 Å². The molecule has 0 amide bonds. The molecule has 1 aromatic carbocycles. The van der Waals surface area contributed by atoms with Gasteiger partial charge in [0, 0.05) is 10.4 Å². The van der Waals surface area contributed by atoms with Crippen LogP contribution in [0.3, 0.4) is 0 Å². The molecule has 1 aromatic heterocycles. The monoisotopic (exact) mass is 686 g/mol. The van der Waals surface area contributed by atoms with Crippen molar-refractivity contribution in [2.45, 2.75) is 24.7 Å². The molecule has 0 saturated carbocycles. The van der Waals surface area contributed by atoms with Crippen LogP contribution in [0.15, 0.2) is 110 Å². The second-order valence-electron chi connectivity index (χ2n) is 10.4. The Morgan fingerprint density at radius 2 is 0.917 bits per heavy atom. The molecule has 8 bridgehead atoms. The first-order valence-electron chi connectivity index (χ1n) is 13.3. The van der Waals surface area contributed by atoms with Gasteiger partial charge in [0.05, 0.1) is 51.5 Å². The maximum Gasteiger partial charge on any atom is 0.420 e. The Hall–Kier alpha value is -5.35. The van der Waals surface area contributed by atoms with Crippen LogP contribution in [0.1, 0.15) is 5.69 Å². The molecule has 2 N–H and O–H groups in total. The Kier molecular flexibility index (Phi) is 7.36. The van der Waals surface area contributed by atoms with Gasteiger partial charge in [0.1, 0.15) is 22.3 Å². The van der Waals surface area contributed by atoms with E-state index >= 15 is 0 Å². The number of nitrogens with one attached hydrogen (secondary N) is 1. The van der Waals surface area contributed by atoms with Gasteiger partial charge in [-0.3, -0.25) is 0 Å². The lowest BCUT2D eigenvalue weighted by atomic mass is 10.1. The zero-order valence-corrected chi connectivity index (χ0v) is 23.3. The highest BCUT2D eigenvalue weighted by molar-refractivity contribution is 6.28. The summed E-state index contributed by atoms with van der Waals surface area (Å²) in [6, 6.07) is 5.40. The number of fused-ring (bicyclic) bond motifs is 5. The summed E-state index contributed by atoms with van der Waals surface area (Å²) in [7, 11) is 0. The molecule has 0 radical (unpaired) electrons. The highest BCUT2D eigenvalue weighted by Crippen LogP contribution is 2.42. The Morgan fingerprint density at radius 1 is 0.521 bits per heavy atom. The molecule has 0 saturated heterocycles. The number of hydrogen-bond acceptors (Lipinski definition) is 4. The van der Waals surface area contributed by atoms with Gasteiger partial charge in [-0.2, -0.15) is 52.7 Å². The van der Waals surface area contributed by atoms with Crippen LogP contribution in [-0.2, 0) is 0 Å². The topological polar surface area (TPSA) is 73.1 Å². The average Bonchev–Trinajstić information content (AvgIpc) is 3.76. The number of rotatable bonds is 0. The summed E-state index contributed by atoms with van der Waals surface area (Å²) in [5.74, 6) is 0. The van der Waals surface area contributed by atoms with Crippen LogP contribution >= 0.6 is 0 Å². The standard InChI is InChI=1S/C31H14F12N4O/c32-28(33,34)23-16-5-6-17(44-16)24(29(35,36)37)19-9-10-21(46-19)26(31(41,42)43)27-15(14-3-1-13(12-48)2-4-14)11-22(47-27)25(30(38,39)40)20-8-7-18(23)45-20/h1-12,47-48H. The fourth-order valence-corrected chi connectivity index (χ4v) is 5.38. The third kappa shape index (κ3) is 5.73. The predicted molar refractivity (Wildman–Crippen MR) is 150 cm³/mol. The summed E-state index contributed by atoms with van der Waals surface area (Å²) in [5, 5.41) is 7.70. The number of nitrogens with zero attached hydrogens (tertiary/aromatic N) is 3. The third-order valence-corrected chi connectivity index (χ3v) is 7.30. The zero-order valence-electron chi connectivity index (χ0n) is 23.3. The first-order chi connectivity index (χ1) is 22.3. The van der Waals surface area contributed by atoms with Crippen molar-refractivity contribution in [2.75, 3.05) is 0 Å². The molecule has 0 atom stereocenters. The Bertz CT molecular complexity index is 2260. The quantitative estimate of drug-likeness (QED) is 0.282. The molecular weight excluding hydrogens is 672 g/mol. The summed E-state index contributed by atoms with van der Waals surface area (Å²) in [4.78, 5) is 12.5. The summed E-state index contributed by atoms with van der Waals surface area (Å²) in [6.07, 6.45) is -17.7. The first kappa shape index (κ1) is 32.6. The minimum Gasteiger partial charge on any atom is -0.515 e. The van der Waals surface area contributed by atoms with E-state index in [-0.39, 0.29) is 10.4 Å². The summed E-state index contributed by atoms with van der Waals surface area (Å²) in [5.41, 5.74) is -14.9. The van der Waals surface area contributed by atoms with Crippen LogP contribution in [-0.4, -0.2) is 51.9 Å². The number of benzene rings is 1. The van der Waals surface area contributed by atoms with Gasteiger partial charge in [-0.1, -0.05) is 24.3 Å². The number of aromatic nitrogens is 1. The van der Waals surface area contributed by atoms with Gasteiger partial charge in [-0.25, -0.2) is 15.0 Å². The molecule has 0 unspecified atom stereocenters. The maximum atomic E-state index is 14.8. The molecule has 248 valence electrons. The van der Waals surface area contributed by atoms with Crippen LogP contribution < -0.4 is 10.6 Å². The van der Waals surface area contributed by atoms with Gasteiger partial charge in [0.25, 0.3) is 0 Å². The van der Waals surface area contributed by atoms with Crippen LogP contribution in [0.25, 0.3) is 17.4 Å². The number of hydrogen-bond donors (Lipinski definition) is 2. The van der Waals surface area contributed by atoms with Crippen LogP contribution in [0.5, 0.6) is 0 Å². The minimum absolute atomic E-state index is 0.134. The fourth-order valence-electron chi connectivity index (χ4n) is 5.38. The number of allylic oxidation sites excluding steroid dienone is 9. The largest absolute Gasteiger partial charge is 0.515 e. The van der Waals surface area contributed by atoms with Crippen LogP contribution in [0, 0.1) is 10.4 Å². The van der Waals surface area contributed by atoms with E-state index in [1.54, 1.807) is 0 Å². The van der Waals surface area contributed by atoms with Crippen molar-refractivity contribution < 1.29 is 57.8 Å². The third-order valence-electron chi connectivity index (χ3n) is 7.30. The number of halogens is 12. The van der Waals surface area contributed by atoms with E-state index in [4.69, 9.17) is 0 Å². The predicted octanol–water partition coefficient (Wildman–Crippen LogP) is 7.26. The Balaban J connectivity index is 1.87. The van der Waals surface area contributed by atoms with Gasteiger partial charge in [-0.05, 0) is 47.7 Å². The number of aliphatic imine (C=N–C) groups is 3. The molecule has 5 heterocycles. The highest BCUT2D eigenvalue weighted by atomic mass is 19.4. The van der Waals surface area contributed by atoms with Crippen molar-refractivity contribution in [1.82, 2.24) is 4.98 Å². The van der Waals surface area contributed by atoms with Gasteiger partial charge in [-0.15, -0.1) is 0 Å². The summed E-state index contributed by atoms with van der Waals surface area (Å²) in [6.45, 7) is 0. The van der Waals surface area contributed by atoms with Crippen molar-refractivity contribution in [3.63, 3.8) is 0 Å².